The van der Waals surface area contributed by atoms with Crippen LogP contribution in [0.3, 0.4) is 0 Å². The van der Waals surface area contributed by atoms with Crippen LogP contribution >= 0.6 is 0 Å². The summed E-state index contributed by atoms with van der Waals surface area (Å²) in [6.45, 7) is 7.50. The molecule has 4 heterocycles. The minimum Gasteiger partial charge on any atom is -0.361 e. The van der Waals surface area contributed by atoms with Crippen molar-refractivity contribution < 1.29 is 14.4 Å². The molecule has 8 rings (SSSR count). The van der Waals surface area contributed by atoms with E-state index in [1.54, 1.807) is 4.90 Å². The summed E-state index contributed by atoms with van der Waals surface area (Å²) in [6.07, 6.45) is 6.60. The summed E-state index contributed by atoms with van der Waals surface area (Å²) >= 11 is 0. The fourth-order valence-corrected chi connectivity index (χ4v) is 9.47. The lowest BCUT2D eigenvalue weighted by Gasteiger charge is -2.38. The van der Waals surface area contributed by atoms with Crippen LogP contribution in [0.1, 0.15) is 44.1 Å². The van der Waals surface area contributed by atoms with Crippen LogP contribution in [0, 0.1) is 41.4 Å². The fourth-order valence-electron chi connectivity index (χ4n) is 9.47. The number of para-hydroxylation sites is 1. The first kappa shape index (κ1) is 24.0. The molecular weight excluding hydrogens is 490 g/mol. The lowest BCUT2D eigenvalue weighted by Crippen LogP contribution is -2.50. The summed E-state index contributed by atoms with van der Waals surface area (Å²) < 4.78 is 0. The third kappa shape index (κ3) is 3.63. The third-order valence-corrected chi connectivity index (χ3v) is 11.5. The number of likely N-dealkylation sites (tertiary alicyclic amines) is 2. The van der Waals surface area contributed by atoms with Crippen molar-refractivity contribution in [2.24, 2.45) is 41.4 Å². The molecule has 1 aromatic carbocycles. The van der Waals surface area contributed by atoms with Crippen LogP contribution in [-0.2, 0) is 9.59 Å². The molecule has 8 heteroatoms. The molecule has 8 atom stereocenters. The van der Waals surface area contributed by atoms with Gasteiger partial charge in [-0.1, -0.05) is 25.1 Å². The van der Waals surface area contributed by atoms with Gasteiger partial charge >= 0.3 is 6.03 Å². The van der Waals surface area contributed by atoms with Crippen molar-refractivity contribution in [3.63, 3.8) is 0 Å². The maximum Gasteiger partial charge on any atom is 0.317 e. The molecule has 6 fully saturated rings. The molecule has 0 radical (unpaired) electrons. The van der Waals surface area contributed by atoms with E-state index in [-0.39, 0.29) is 53.5 Å². The van der Waals surface area contributed by atoms with Crippen LogP contribution < -0.4 is 5.32 Å². The number of carbonyl (C=O) groups excluding carboxylic acids is 3. The molecular formula is C31H39N5O3. The normalized spacial score (nSPS) is 38.3. The molecule has 8 nitrogen and oxygen atoms in total. The Morgan fingerprint density at radius 3 is 2.41 bits per heavy atom. The SMILES string of the molecule is CC1C2CC(C3C(=O)N(C[C@H]4C[C@@H]4CN4CCC(c5c[nH]c6ccccc56)CC4)C(=O)C23)C1N1CCNC1=O. The molecule has 1 aromatic heterocycles. The third-order valence-electron chi connectivity index (χ3n) is 11.5. The molecule has 2 aromatic rings. The number of rotatable bonds is 6. The predicted molar refractivity (Wildman–Crippen MR) is 147 cm³/mol. The van der Waals surface area contributed by atoms with Crippen molar-refractivity contribution in [3.05, 3.63) is 36.0 Å². The number of nitrogens with zero attached hydrogens (tertiary/aromatic N) is 3. The van der Waals surface area contributed by atoms with E-state index in [2.05, 4.69) is 52.6 Å². The average molecular weight is 530 g/mol. The number of nitrogens with one attached hydrogen (secondary N) is 2. The fraction of sp³-hybridized carbons (Fsp3) is 0.645. The topological polar surface area (TPSA) is 88.8 Å². The van der Waals surface area contributed by atoms with E-state index in [1.807, 2.05) is 4.90 Å². The van der Waals surface area contributed by atoms with E-state index in [4.69, 9.17) is 0 Å². The lowest BCUT2D eigenvalue weighted by atomic mass is 9.72. The van der Waals surface area contributed by atoms with E-state index >= 15 is 0 Å². The van der Waals surface area contributed by atoms with Crippen LogP contribution in [-0.4, -0.2) is 82.8 Å². The zero-order valence-corrected chi connectivity index (χ0v) is 22.7. The first-order valence-corrected chi connectivity index (χ1v) is 15.2. The maximum atomic E-state index is 13.6. The smallest absolute Gasteiger partial charge is 0.317 e. The highest BCUT2D eigenvalue weighted by molar-refractivity contribution is 6.06. The van der Waals surface area contributed by atoms with Crippen LogP contribution in [0.5, 0.6) is 0 Å². The Balaban J connectivity index is 0.870. The number of urea groups is 1. The molecule has 2 N–H and O–H groups in total. The Labute approximate surface area is 229 Å². The highest BCUT2D eigenvalue weighted by atomic mass is 16.2. The predicted octanol–water partition coefficient (Wildman–Crippen LogP) is 3.26. The largest absolute Gasteiger partial charge is 0.361 e. The van der Waals surface area contributed by atoms with Crippen LogP contribution in [0.25, 0.3) is 10.9 Å². The number of benzene rings is 1. The summed E-state index contributed by atoms with van der Waals surface area (Å²) in [6, 6.07) is 8.68. The second-order valence-corrected chi connectivity index (χ2v) is 13.3. The molecule has 4 amide bonds. The Hall–Kier alpha value is -2.87. The molecule has 2 bridgehead atoms. The summed E-state index contributed by atoms with van der Waals surface area (Å²) in [5.41, 5.74) is 2.69. The highest BCUT2D eigenvalue weighted by Gasteiger charge is 2.68. The van der Waals surface area contributed by atoms with Gasteiger partial charge in [0.2, 0.25) is 11.8 Å². The second-order valence-electron chi connectivity index (χ2n) is 13.3. The minimum atomic E-state index is -0.210. The van der Waals surface area contributed by atoms with Gasteiger partial charge in [0.15, 0.2) is 0 Å². The number of aromatic amines is 1. The number of amides is 4. The molecule has 3 saturated carbocycles. The van der Waals surface area contributed by atoms with E-state index in [0.717, 1.165) is 32.5 Å². The standard InChI is InChI=1S/C31H39N5O3/c1-17-22-13-23(28(17)35-11-8-32-31(35)39)27-26(22)29(37)36(30(27)38)16-20-12-19(20)15-34-9-6-18(7-10-34)24-14-33-25-5-3-2-4-21(24)25/h2-5,14,17-20,22-23,26-28,33H,6-13,15-16H2,1H3,(H,32,39)/t17?,19-,20-,22?,23?,26?,27?,28?/m1/s1. The van der Waals surface area contributed by atoms with E-state index in [0.29, 0.717) is 37.4 Å². The summed E-state index contributed by atoms with van der Waals surface area (Å²) in [4.78, 5) is 49.2. The molecule has 6 aliphatic rings. The average Bonchev–Trinajstić information content (AvgIpc) is 3.40. The van der Waals surface area contributed by atoms with Crippen LogP contribution in [0.15, 0.2) is 30.5 Å². The zero-order chi connectivity index (χ0) is 26.4. The first-order valence-electron chi connectivity index (χ1n) is 15.2. The van der Waals surface area contributed by atoms with Crippen molar-refractivity contribution >= 4 is 28.7 Å². The second kappa shape index (κ2) is 8.82. The van der Waals surface area contributed by atoms with Gasteiger partial charge in [0.1, 0.15) is 0 Å². The Bertz CT molecular complexity index is 1330. The van der Waals surface area contributed by atoms with Crippen molar-refractivity contribution in [1.29, 1.82) is 0 Å². The molecule has 206 valence electrons. The summed E-state index contributed by atoms with van der Waals surface area (Å²) in [5.74, 6) is 2.06. The van der Waals surface area contributed by atoms with Gasteiger partial charge < -0.3 is 20.1 Å². The Morgan fingerprint density at radius 2 is 1.64 bits per heavy atom. The number of H-pyrrole nitrogens is 1. The van der Waals surface area contributed by atoms with Crippen LogP contribution in [0.4, 0.5) is 4.79 Å². The van der Waals surface area contributed by atoms with Crippen LogP contribution in [0.2, 0.25) is 0 Å². The van der Waals surface area contributed by atoms with E-state index < -0.39 is 0 Å². The van der Waals surface area contributed by atoms with Crippen molar-refractivity contribution in [2.75, 3.05) is 39.3 Å². The molecule has 0 spiro atoms. The maximum absolute atomic E-state index is 13.6. The number of fused-ring (bicyclic) bond motifs is 6. The Kier molecular flexibility index (Phi) is 5.42. The molecule has 39 heavy (non-hydrogen) atoms. The van der Waals surface area contributed by atoms with Gasteiger partial charge in [-0.25, -0.2) is 4.79 Å². The molecule has 3 aliphatic heterocycles. The van der Waals surface area contributed by atoms with Crippen molar-refractivity contribution in [2.45, 2.75) is 44.6 Å². The van der Waals surface area contributed by atoms with Gasteiger partial charge in [-0.3, -0.25) is 14.5 Å². The van der Waals surface area contributed by atoms with E-state index in [1.165, 1.54) is 29.3 Å². The summed E-state index contributed by atoms with van der Waals surface area (Å²) in [7, 11) is 0. The zero-order valence-electron chi connectivity index (χ0n) is 22.7. The van der Waals surface area contributed by atoms with Gasteiger partial charge in [0.25, 0.3) is 0 Å². The molecule has 3 aliphatic carbocycles. The quantitative estimate of drug-likeness (QED) is 0.563. The van der Waals surface area contributed by atoms with Gasteiger partial charge in [0.05, 0.1) is 11.8 Å². The molecule has 3 saturated heterocycles. The first-order chi connectivity index (χ1) is 19.0. The number of hydrogen-bond acceptors (Lipinski definition) is 4. The van der Waals surface area contributed by atoms with Gasteiger partial charge in [0, 0.05) is 49.3 Å². The van der Waals surface area contributed by atoms with Gasteiger partial charge in [-0.15, -0.1) is 0 Å². The number of hydrogen-bond donors (Lipinski definition) is 2. The van der Waals surface area contributed by atoms with Gasteiger partial charge in [-0.05, 0) is 85.9 Å². The minimum absolute atomic E-state index is 0.00381. The van der Waals surface area contributed by atoms with E-state index in [9.17, 15) is 14.4 Å². The van der Waals surface area contributed by atoms with Gasteiger partial charge in [-0.2, -0.15) is 0 Å². The Morgan fingerprint density at radius 1 is 0.897 bits per heavy atom. The number of aromatic nitrogens is 1. The monoisotopic (exact) mass is 529 g/mol. The molecule has 6 unspecified atom stereocenters. The number of carbonyl (C=O) groups is 3. The summed E-state index contributed by atoms with van der Waals surface area (Å²) in [5, 5.41) is 4.29. The lowest BCUT2D eigenvalue weighted by molar-refractivity contribution is -0.141. The van der Waals surface area contributed by atoms with Crippen molar-refractivity contribution in [1.82, 2.24) is 25.0 Å². The number of imide groups is 1. The number of piperidine rings is 1. The highest BCUT2D eigenvalue weighted by Crippen LogP contribution is 2.60. The van der Waals surface area contributed by atoms with Crippen molar-refractivity contribution in [3.8, 4) is 0 Å².